The molecule has 0 radical (unpaired) electrons. The van der Waals surface area contributed by atoms with Gasteiger partial charge >= 0.3 is 0 Å². The second kappa shape index (κ2) is 1.89. The Kier molecular flexibility index (Phi) is 1.22. The van der Waals surface area contributed by atoms with Crippen LogP contribution in [0.3, 0.4) is 0 Å². The molecule has 0 aliphatic rings. The van der Waals surface area contributed by atoms with E-state index in [9.17, 15) is 4.79 Å². The molecule has 1 aromatic rings. The van der Waals surface area contributed by atoms with Gasteiger partial charge in [0.1, 0.15) is 5.76 Å². The molecule has 9 heavy (non-hydrogen) atoms. The summed E-state index contributed by atoms with van der Waals surface area (Å²) in [5.41, 5.74) is 5.04. The number of primary amides is 1. The summed E-state index contributed by atoms with van der Waals surface area (Å²) in [7, 11) is 0. The van der Waals surface area contributed by atoms with E-state index >= 15 is 0 Å². The molecule has 0 saturated carbocycles. The summed E-state index contributed by atoms with van der Waals surface area (Å²) in [5.74, 6) is 0.0238. The van der Waals surface area contributed by atoms with Crippen molar-refractivity contribution < 1.29 is 9.32 Å². The lowest BCUT2D eigenvalue weighted by atomic mass is 10.4. The fraction of sp³-hybridized carbons (Fsp3) is 0.200. The van der Waals surface area contributed by atoms with Crippen molar-refractivity contribution in [2.24, 2.45) is 5.73 Å². The van der Waals surface area contributed by atoms with E-state index in [4.69, 9.17) is 5.73 Å². The van der Waals surface area contributed by atoms with Crippen molar-refractivity contribution in [1.29, 1.82) is 0 Å². The highest BCUT2D eigenvalue weighted by Crippen LogP contribution is 1.98. The van der Waals surface area contributed by atoms with Crippen LogP contribution in [0.25, 0.3) is 0 Å². The van der Waals surface area contributed by atoms with Gasteiger partial charge in [0.2, 0.25) is 0 Å². The summed E-state index contributed by atoms with van der Waals surface area (Å²) >= 11 is 0. The summed E-state index contributed by atoms with van der Waals surface area (Å²) in [5, 5.41) is 3.37. The monoisotopic (exact) mass is 126 g/mol. The summed E-state index contributed by atoms with van der Waals surface area (Å²) in [6, 6.07) is 1.49. The van der Waals surface area contributed by atoms with Gasteiger partial charge < -0.3 is 10.3 Å². The van der Waals surface area contributed by atoms with Crippen molar-refractivity contribution in [2.45, 2.75) is 6.92 Å². The standard InChI is InChI=1S/C5H6N2O2/c1-3-2-4(5(6)8)7-9-3/h2H,1H3,(H2,6,8). The van der Waals surface area contributed by atoms with Crippen molar-refractivity contribution in [3.05, 3.63) is 17.5 Å². The van der Waals surface area contributed by atoms with Crippen LogP contribution in [0.15, 0.2) is 10.6 Å². The zero-order valence-corrected chi connectivity index (χ0v) is 4.92. The van der Waals surface area contributed by atoms with E-state index in [1.807, 2.05) is 0 Å². The van der Waals surface area contributed by atoms with Gasteiger partial charge in [0.05, 0.1) is 0 Å². The first-order valence-corrected chi connectivity index (χ1v) is 2.43. The molecule has 0 saturated heterocycles. The third kappa shape index (κ3) is 1.07. The summed E-state index contributed by atoms with van der Waals surface area (Å²) < 4.78 is 4.57. The van der Waals surface area contributed by atoms with E-state index in [1.54, 1.807) is 6.92 Å². The van der Waals surface area contributed by atoms with Crippen LogP contribution in [0.4, 0.5) is 0 Å². The van der Waals surface area contributed by atoms with Crippen LogP contribution in [0.2, 0.25) is 0 Å². The second-order valence-corrected chi connectivity index (χ2v) is 1.69. The molecule has 4 heteroatoms. The van der Waals surface area contributed by atoms with Crippen LogP contribution in [-0.4, -0.2) is 11.1 Å². The number of carbonyl (C=O) groups is 1. The molecule has 0 fully saturated rings. The lowest BCUT2D eigenvalue weighted by molar-refractivity contribution is 0.0991. The molecule has 0 aliphatic carbocycles. The van der Waals surface area contributed by atoms with Gasteiger partial charge in [0.15, 0.2) is 5.69 Å². The topological polar surface area (TPSA) is 69.1 Å². The van der Waals surface area contributed by atoms with Crippen LogP contribution in [-0.2, 0) is 0 Å². The molecule has 0 spiro atoms. The molecule has 1 rings (SSSR count). The SMILES string of the molecule is Cc1cc(C(N)=O)no1. The van der Waals surface area contributed by atoms with E-state index in [-0.39, 0.29) is 5.69 Å². The van der Waals surface area contributed by atoms with Crippen LogP contribution in [0, 0.1) is 6.92 Å². The molecule has 1 amide bonds. The van der Waals surface area contributed by atoms with Crippen LogP contribution < -0.4 is 5.73 Å². The maximum atomic E-state index is 10.3. The Labute approximate surface area is 51.6 Å². The summed E-state index contributed by atoms with van der Waals surface area (Å²) in [6.45, 7) is 1.69. The van der Waals surface area contributed by atoms with Gasteiger partial charge in [0, 0.05) is 6.07 Å². The molecule has 4 nitrogen and oxygen atoms in total. The molecule has 0 aromatic carbocycles. The lowest BCUT2D eigenvalue weighted by Gasteiger charge is -1.77. The van der Waals surface area contributed by atoms with Crippen LogP contribution in [0.5, 0.6) is 0 Å². The van der Waals surface area contributed by atoms with E-state index in [1.165, 1.54) is 6.07 Å². The minimum Gasteiger partial charge on any atom is -0.364 e. The Morgan fingerprint density at radius 3 is 2.78 bits per heavy atom. The van der Waals surface area contributed by atoms with Crippen LogP contribution >= 0.6 is 0 Å². The molecule has 48 valence electrons. The molecular formula is C5H6N2O2. The molecule has 0 bridgehead atoms. The fourth-order valence-electron chi connectivity index (χ4n) is 0.483. The maximum Gasteiger partial charge on any atom is 0.270 e. The second-order valence-electron chi connectivity index (χ2n) is 1.69. The number of hydrogen-bond donors (Lipinski definition) is 1. The molecule has 1 aromatic heterocycles. The Hall–Kier alpha value is -1.32. The van der Waals surface area contributed by atoms with Gasteiger partial charge in [-0.05, 0) is 6.92 Å². The van der Waals surface area contributed by atoms with Gasteiger partial charge in [-0.3, -0.25) is 4.79 Å². The number of carbonyl (C=O) groups excluding carboxylic acids is 1. The van der Waals surface area contributed by atoms with E-state index in [0.717, 1.165) is 0 Å². The largest absolute Gasteiger partial charge is 0.364 e. The Balaban J connectivity index is 2.98. The first kappa shape index (κ1) is 5.81. The number of aryl methyl sites for hydroxylation is 1. The zero-order valence-electron chi connectivity index (χ0n) is 4.92. The average Bonchev–Trinajstić information content (AvgIpc) is 2.14. The van der Waals surface area contributed by atoms with Crippen LogP contribution in [0.1, 0.15) is 16.2 Å². The highest BCUT2D eigenvalue weighted by molar-refractivity contribution is 5.90. The van der Waals surface area contributed by atoms with Gasteiger partial charge in [-0.2, -0.15) is 0 Å². The highest BCUT2D eigenvalue weighted by Gasteiger charge is 2.03. The number of nitrogens with zero attached hydrogens (tertiary/aromatic N) is 1. The number of nitrogens with two attached hydrogens (primary N) is 1. The molecule has 0 atom stereocenters. The Morgan fingerprint density at radius 1 is 1.89 bits per heavy atom. The number of rotatable bonds is 1. The molecule has 1 heterocycles. The maximum absolute atomic E-state index is 10.3. The molecule has 0 unspecified atom stereocenters. The minimum absolute atomic E-state index is 0.174. The first-order chi connectivity index (χ1) is 4.20. The van der Waals surface area contributed by atoms with Crippen molar-refractivity contribution in [3.63, 3.8) is 0 Å². The van der Waals surface area contributed by atoms with Crippen molar-refractivity contribution in [2.75, 3.05) is 0 Å². The van der Waals surface area contributed by atoms with Gasteiger partial charge in [-0.25, -0.2) is 0 Å². The Morgan fingerprint density at radius 2 is 2.56 bits per heavy atom. The Bertz CT molecular complexity index is 229. The van der Waals surface area contributed by atoms with E-state index in [2.05, 4.69) is 9.68 Å². The van der Waals surface area contributed by atoms with Gasteiger partial charge in [-0.15, -0.1) is 0 Å². The summed E-state index contributed by atoms with van der Waals surface area (Å²) in [6.07, 6.45) is 0. The highest BCUT2D eigenvalue weighted by atomic mass is 16.5. The number of hydrogen-bond acceptors (Lipinski definition) is 3. The first-order valence-electron chi connectivity index (χ1n) is 2.43. The molecule has 2 N–H and O–H groups in total. The predicted molar refractivity (Wildman–Crippen MR) is 29.8 cm³/mol. The van der Waals surface area contributed by atoms with E-state index < -0.39 is 5.91 Å². The quantitative estimate of drug-likeness (QED) is 0.579. The molecular weight excluding hydrogens is 120 g/mol. The van der Waals surface area contributed by atoms with Crippen molar-refractivity contribution in [1.82, 2.24) is 5.16 Å². The third-order valence-electron chi connectivity index (χ3n) is 0.880. The van der Waals surface area contributed by atoms with Crippen molar-refractivity contribution in [3.8, 4) is 0 Å². The lowest BCUT2D eigenvalue weighted by Crippen LogP contribution is -2.10. The predicted octanol–water partition coefficient (Wildman–Crippen LogP) is 0.0819. The zero-order chi connectivity index (χ0) is 6.85. The third-order valence-corrected chi connectivity index (χ3v) is 0.880. The molecule has 0 aliphatic heterocycles. The normalized spacial score (nSPS) is 9.44. The average molecular weight is 126 g/mol. The van der Waals surface area contributed by atoms with E-state index in [0.29, 0.717) is 5.76 Å². The summed E-state index contributed by atoms with van der Waals surface area (Å²) in [4.78, 5) is 10.3. The smallest absolute Gasteiger partial charge is 0.270 e. The minimum atomic E-state index is -0.563. The number of amides is 1. The fourth-order valence-corrected chi connectivity index (χ4v) is 0.483. The van der Waals surface area contributed by atoms with Gasteiger partial charge in [0.25, 0.3) is 5.91 Å². The number of aromatic nitrogens is 1. The van der Waals surface area contributed by atoms with Gasteiger partial charge in [-0.1, -0.05) is 5.16 Å². The van der Waals surface area contributed by atoms with Crippen molar-refractivity contribution >= 4 is 5.91 Å².